The molecular formula is C12H18BrN3O. The Labute approximate surface area is 110 Å². The molecule has 94 valence electrons. The molecule has 0 aromatic heterocycles. The molecular weight excluding hydrogens is 282 g/mol. The first-order chi connectivity index (χ1) is 8.08. The molecule has 17 heavy (non-hydrogen) atoms. The van der Waals surface area contributed by atoms with Gasteiger partial charge in [-0.2, -0.15) is 0 Å². The molecule has 0 heterocycles. The maximum Gasteiger partial charge on any atom is 0.251 e. The van der Waals surface area contributed by atoms with Gasteiger partial charge in [0.25, 0.3) is 5.91 Å². The van der Waals surface area contributed by atoms with Gasteiger partial charge in [-0.1, -0.05) is 35.0 Å². The zero-order valence-corrected chi connectivity index (χ0v) is 11.7. The Bertz CT molecular complexity index is 367. The highest BCUT2D eigenvalue weighted by molar-refractivity contribution is 9.10. The maximum absolute atomic E-state index is 11.5. The van der Waals surface area contributed by atoms with E-state index < -0.39 is 0 Å². The second-order valence-electron chi connectivity index (χ2n) is 3.97. The van der Waals surface area contributed by atoms with Crippen molar-refractivity contribution in [3.63, 3.8) is 0 Å². The number of carbonyl (C=O) groups is 1. The van der Waals surface area contributed by atoms with Crippen molar-refractivity contribution in [2.75, 3.05) is 7.05 Å². The van der Waals surface area contributed by atoms with Gasteiger partial charge in [-0.05, 0) is 31.2 Å². The summed E-state index contributed by atoms with van der Waals surface area (Å²) in [7, 11) is 1.92. The number of amides is 1. The van der Waals surface area contributed by atoms with E-state index in [4.69, 9.17) is 5.84 Å². The standard InChI is InChI=1S/C12H18BrN3O/c1-3-11(12(17)15-14)16(2)8-9-4-6-10(13)7-5-9/h4-7,11H,3,8,14H2,1-2H3,(H,15,17). The predicted octanol–water partition coefficient (Wildman–Crippen LogP) is 1.65. The van der Waals surface area contributed by atoms with E-state index in [1.54, 1.807) is 0 Å². The van der Waals surface area contributed by atoms with Crippen LogP contribution in [-0.2, 0) is 11.3 Å². The number of hydrogen-bond acceptors (Lipinski definition) is 3. The van der Waals surface area contributed by atoms with Gasteiger partial charge in [-0.3, -0.25) is 15.1 Å². The average Bonchev–Trinajstić information content (AvgIpc) is 2.32. The van der Waals surface area contributed by atoms with Crippen LogP contribution < -0.4 is 11.3 Å². The van der Waals surface area contributed by atoms with Crippen molar-refractivity contribution in [3.8, 4) is 0 Å². The molecule has 0 bridgehead atoms. The van der Waals surface area contributed by atoms with Crippen molar-refractivity contribution < 1.29 is 4.79 Å². The first-order valence-electron chi connectivity index (χ1n) is 5.53. The quantitative estimate of drug-likeness (QED) is 0.494. The molecule has 0 aliphatic carbocycles. The van der Waals surface area contributed by atoms with Crippen LogP contribution in [0.3, 0.4) is 0 Å². The largest absolute Gasteiger partial charge is 0.293 e. The molecule has 1 unspecified atom stereocenters. The minimum atomic E-state index is -0.191. The summed E-state index contributed by atoms with van der Waals surface area (Å²) in [5, 5.41) is 0. The number of nitrogens with two attached hydrogens (primary N) is 1. The van der Waals surface area contributed by atoms with E-state index in [0.29, 0.717) is 0 Å². The molecule has 0 saturated carbocycles. The highest BCUT2D eigenvalue weighted by Gasteiger charge is 2.20. The third kappa shape index (κ3) is 4.11. The topological polar surface area (TPSA) is 58.4 Å². The summed E-state index contributed by atoms with van der Waals surface area (Å²) in [6.45, 7) is 2.69. The molecule has 1 aromatic carbocycles. The van der Waals surface area contributed by atoms with E-state index >= 15 is 0 Å². The van der Waals surface area contributed by atoms with Gasteiger partial charge >= 0.3 is 0 Å². The van der Waals surface area contributed by atoms with Gasteiger partial charge in [0.05, 0.1) is 6.04 Å². The molecule has 1 aromatic rings. The summed E-state index contributed by atoms with van der Waals surface area (Å²) < 4.78 is 1.05. The molecule has 0 aliphatic rings. The third-order valence-corrected chi connectivity index (χ3v) is 3.24. The normalized spacial score (nSPS) is 12.5. The Kier molecular flexibility index (Phi) is 5.61. The summed E-state index contributed by atoms with van der Waals surface area (Å²) in [6.07, 6.45) is 0.732. The first kappa shape index (κ1) is 14.2. The number of carbonyl (C=O) groups excluding carboxylic acids is 1. The SMILES string of the molecule is CCC(C(=O)NN)N(C)Cc1ccc(Br)cc1. The Balaban J connectivity index is 2.66. The molecule has 0 spiro atoms. The summed E-state index contributed by atoms with van der Waals surface area (Å²) in [4.78, 5) is 13.5. The number of nitrogens with zero attached hydrogens (tertiary/aromatic N) is 1. The molecule has 1 amide bonds. The lowest BCUT2D eigenvalue weighted by atomic mass is 10.1. The second-order valence-corrected chi connectivity index (χ2v) is 4.89. The number of likely N-dealkylation sites (N-methyl/N-ethyl adjacent to an activating group) is 1. The van der Waals surface area contributed by atoms with E-state index in [9.17, 15) is 4.79 Å². The smallest absolute Gasteiger partial charge is 0.251 e. The number of hydrazine groups is 1. The second kappa shape index (κ2) is 6.74. The maximum atomic E-state index is 11.5. The molecule has 5 heteroatoms. The summed E-state index contributed by atoms with van der Waals surface area (Å²) >= 11 is 3.39. The van der Waals surface area contributed by atoms with E-state index in [2.05, 4.69) is 21.4 Å². The fourth-order valence-corrected chi connectivity index (χ4v) is 2.05. The van der Waals surface area contributed by atoms with E-state index in [-0.39, 0.29) is 11.9 Å². The highest BCUT2D eigenvalue weighted by Crippen LogP contribution is 2.13. The monoisotopic (exact) mass is 299 g/mol. The fraction of sp³-hybridized carbons (Fsp3) is 0.417. The van der Waals surface area contributed by atoms with Gasteiger partial charge in [-0.25, -0.2) is 5.84 Å². The number of rotatable bonds is 5. The van der Waals surface area contributed by atoms with Crippen molar-refractivity contribution >= 4 is 21.8 Å². The van der Waals surface area contributed by atoms with Gasteiger partial charge in [0, 0.05) is 11.0 Å². The lowest BCUT2D eigenvalue weighted by molar-refractivity contribution is -0.126. The zero-order chi connectivity index (χ0) is 12.8. The molecule has 0 radical (unpaired) electrons. The minimum Gasteiger partial charge on any atom is -0.293 e. The van der Waals surface area contributed by atoms with Gasteiger partial charge in [0.1, 0.15) is 0 Å². The van der Waals surface area contributed by atoms with Crippen LogP contribution in [0.1, 0.15) is 18.9 Å². The van der Waals surface area contributed by atoms with Gasteiger partial charge < -0.3 is 0 Å². The molecule has 0 aliphatic heterocycles. The summed E-state index contributed by atoms with van der Waals surface area (Å²) in [5.74, 6) is 5.02. The number of hydrogen-bond donors (Lipinski definition) is 2. The molecule has 1 rings (SSSR count). The van der Waals surface area contributed by atoms with Crippen molar-refractivity contribution in [3.05, 3.63) is 34.3 Å². The van der Waals surface area contributed by atoms with Crippen LogP contribution in [-0.4, -0.2) is 23.9 Å². The minimum absolute atomic E-state index is 0.146. The lowest BCUT2D eigenvalue weighted by Gasteiger charge is -2.25. The number of halogens is 1. The summed E-state index contributed by atoms with van der Waals surface area (Å²) in [6, 6.07) is 7.87. The lowest BCUT2D eigenvalue weighted by Crippen LogP contribution is -2.46. The van der Waals surface area contributed by atoms with Gasteiger partial charge in [0.15, 0.2) is 0 Å². The van der Waals surface area contributed by atoms with Crippen LogP contribution in [0.25, 0.3) is 0 Å². The van der Waals surface area contributed by atoms with E-state index in [1.165, 1.54) is 5.56 Å². The van der Waals surface area contributed by atoms with Crippen LogP contribution in [0.5, 0.6) is 0 Å². The summed E-state index contributed by atoms with van der Waals surface area (Å²) in [5.41, 5.74) is 3.37. The number of benzene rings is 1. The highest BCUT2D eigenvalue weighted by atomic mass is 79.9. The first-order valence-corrected chi connectivity index (χ1v) is 6.33. The molecule has 4 nitrogen and oxygen atoms in total. The van der Waals surface area contributed by atoms with Crippen LogP contribution in [0, 0.1) is 0 Å². The third-order valence-electron chi connectivity index (χ3n) is 2.71. The van der Waals surface area contributed by atoms with Crippen LogP contribution >= 0.6 is 15.9 Å². The van der Waals surface area contributed by atoms with E-state index in [1.807, 2.05) is 43.1 Å². The van der Waals surface area contributed by atoms with E-state index in [0.717, 1.165) is 17.4 Å². The zero-order valence-electron chi connectivity index (χ0n) is 10.1. The number of nitrogens with one attached hydrogen (secondary N) is 1. The average molecular weight is 300 g/mol. The fourth-order valence-electron chi connectivity index (χ4n) is 1.78. The van der Waals surface area contributed by atoms with Gasteiger partial charge in [-0.15, -0.1) is 0 Å². The Morgan fingerprint density at radius 3 is 2.53 bits per heavy atom. The van der Waals surface area contributed by atoms with Crippen molar-refractivity contribution in [2.24, 2.45) is 5.84 Å². The van der Waals surface area contributed by atoms with Crippen molar-refractivity contribution in [1.29, 1.82) is 0 Å². The van der Waals surface area contributed by atoms with Crippen molar-refractivity contribution in [1.82, 2.24) is 10.3 Å². The van der Waals surface area contributed by atoms with Crippen LogP contribution in [0.4, 0.5) is 0 Å². The molecule has 1 atom stereocenters. The molecule has 0 saturated heterocycles. The molecule has 3 N–H and O–H groups in total. The van der Waals surface area contributed by atoms with Crippen LogP contribution in [0.2, 0.25) is 0 Å². The Morgan fingerprint density at radius 2 is 2.06 bits per heavy atom. The predicted molar refractivity (Wildman–Crippen MR) is 72.0 cm³/mol. The molecule has 0 fully saturated rings. The van der Waals surface area contributed by atoms with Crippen LogP contribution in [0.15, 0.2) is 28.7 Å². The Morgan fingerprint density at radius 1 is 1.47 bits per heavy atom. The van der Waals surface area contributed by atoms with Crippen molar-refractivity contribution in [2.45, 2.75) is 25.9 Å². The van der Waals surface area contributed by atoms with Gasteiger partial charge in [0.2, 0.25) is 0 Å². The Hall–Kier alpha value is -0.910.